The van der Waals surface area contributed by atoms with Crippen molar-refractivity contribution in [1.29, 1.82) is 5.26 Å². The minimum atomic E-state index is -0.0624. The van der Waals surface area contributed by atoms with Crippen molar-refractivity contribution in [2.75, 3.05) is 32.8 Å². The second kappa shape index (κ2) is 7.90. The highest BCUT2D eigenvalue weighted by Crippen LogP contribution is 2.21. The molecule has 1 aliphatic rings. The summed E-state index contributed by atoms with van der Waals surface area (Å²) in [7, 11) is 0. The predicted octanol–water partition coefficient (Wildman–Crippen LogP) is 1.62. The lowest BCUT2D eigenvalue weighted by atomic mass is 10.2. The number of aryl methyl sites for hydroxylation is 1. The van der Waals surface area contributed by atoms with E-state index in [9.17, 15) is 0 Å². The molecule has 1 aromatic heterocycles. The molecule has 7 nitrogen and oxygen atoms in total. The van der Waals surface area contributed by atoms with E-state index in [2.05, 4.69) is 28.1 Å². The van der Waals surface area contributed by atoms with Crippen LogP contribution in [0.5, 0.6) is 5.75 Å². The second-order valence-corrected chi connectivity index (χ2v) is 5.59. The maximum atomic E-state index is 9.08. The molecular weight excluding hydrogens is 306 g/mol. The molecule has 1 fully saturated rings. The van der Waals surface area contributed by atoms with Crippen LogP contribution in [0.1, 0.15) is 24.4 Å². The average molecular weight is 327 g/mol. The predicted molar refractivity (Wildman–Crippen MR) is 87.5 cm³/mol. The van der Waals surface area contributed by atoms with E-state index in [-0.39, 0.29) is 6.10 Å². The summed E-state index contributed by atoms with van der Waals surface area (Å²) in [6.07, 6.45) is 1.67. The average Bonchev–Trinajstić information content (AvgIpc) is 3.11. The third-order valence-corrected chi connectivity index (χ3v) is 4.10. The van der Waals surface area contributed by atoms with Gasteiger partial charge >= 0.3 is 0 Å². The van der Waals surface area contributed by atoms with Crippen molar-refractivity contribution in [3.63, 3.8) is 0 Å². The zero-order valence-electron chi connectivity index (χ0n) is 13.8. The van der Waals surface area contributed by atoms with E-state index in [1.54, 1.807) is 12.4 Å². The molecule has 0 spiro atoms. The van der Waals surface area contributed by atoms with Gasteiger partial charge in [-0.3, -0.25) is 4.90 Å². The Kier molecular flexibility index (Phi) is 5.41. The molecule has 0 unspecified atom stereocenters. The summed E-state index contributed by atoms with van der Waals surface area (Å²) in [4.78, 5) is 2.29. The van der Waals surface area contributed by atoms with Gasteiger partial charge in [-0.05, 0) is 19.1 Å². The third kappa shape index (κ3) is 3.72. The SMILES string of the molecule is CCn1cnnc1[C@@H]1CN(CCOc2ccccc2C#N)CCO1. The monoisotopic (exact) mass is 327 g/mol. The van der Waals surface area contributed by atoms with E-state index in [4.69, 9.17) is 14.7 Å². The van der Waals surface area contributed by atoms with Crippen LogP contribution in [0.25, 0.3) is 0 Å². The zero-order valence-corrected chi connectivity index (χ0v) is 13.8. The molecule has 2 heterocycles. The van der Waals surface area contributed by atoms with Gasteiger partial charge in [0.15, 0.2) is 5.82 Å². The fourth-order valence-corrected chi connectivity index (χ4v) is 2.79. The number of nitrogens with zero attached hydrogens (tertiary/aromatic N) is 5. The smallest absolute Gasteiger partial charge is 0.163 e. The molecule has 0 aliphatic carbocycles. The van der Waals surface area contributed by atoms with Crippen molar-refractivity contribution in [1.82, 2.24) is 19.7 Å². The highest BCUT2D eigenvalue weighted by Gasteiger charge is 2.25. The van der Waals surface area contributed by atoms with E-state index < -0.39 is 0 Å². The van der Waals surface area contributed by atoms with E-state index in [1.807, 2.05) is 22.8 Å². The number of nitriles is 1. The topological polar surface area (TPSA) is 76.2 Å². The summed E-state index contributed by atoms with van der Waals surface area (Å²) in [6, 6.07) is 9.44. The fraction of sp³-hybridized carbons (Fsp3) is 0.471. The number of hydrogen-bond acceptors (Lipinski definition) is 6. The van der Waals surface area contributed by atoms with Gasteiger partial charge in [-0.2, -0.15) is 5.26 Å². The lowest BCUT2D eigenvalue weighted by Crippen LogP contribution is -2.41. The van der Waals surface area contributed by atoms with Gasteiger partial charge in [0.25, 0.3) is 0 Å². The summed E-state index contributed by atoms with van der Waals surface area (Å²) in [5.41, 5.74) is 0.563. The van der Waals surface area contributed by atoms with Crippen LogP contribution in [0.4, 0.5) is 0 Å². The molecule has 2 aromatic rings. The number of aromatic nitrogens is 3. The van der Waals surface area contributed by atoms with Crippen LogP contribution in [0.3, 0.4) is 0 Å². The molecule has 24 heavy (non-hydrogen) atoms. The van der Waals surface area contributed by atoms with E-state index in [1.165, 1.54) is 0 Å². The summed E-state index contributed by atoms with van der Waals surface area (Å²) in [6.45, 7) is 6.49. The number of benzene rings is 1. The number of rotatable bonds is 6. The van der Waals surface area contributed by atoms with Crippen LogP contribution in [-0.2, 0) is 11.3 Å². The highest BCUT2D eigenvalue weighted by atomic mass is 16.5. The quantitative estimate of drug-likeness (QED) is 0.802. The molecule has 0 bridgehead atoms. The van der Waals surface area contributed by atoms with Gasteiger partial charge in [-0.1, -0.05) is 12.1 Å². The largest absolute Gasteiger partial charge is 0.491 e. The van der Waals surface area contributed by atoms with Crippen molar-refractivity contribution in [2.24, 2.45) is 0 Å². The van der Waals surface area contributed by atoms with E-state index in [0.717, 1.165) is 32.0 Å². The Balaban J connectivity index is 1.54. The lowest BCUT2D eigenvalue weighted by Gasteiger charge is -2.32. The molecular formula is C17H21N5O2. The third-order valence-electron chi connectivity index (χ3n) is 4.10. The van der Waals surface area contributed by atoms with Crippen LogP contribution < -0.4 is 4.74 Å². The molecule has 0 N–H and O–H groups in total. The molecule has 0 saturated carbocycles. The van der Waals surface area contributed by atoms with E-state index >= 15 is 0 Å². The van der Waals surface area contributed by atoms with Crippen molar-refractivity contribution in [3.8, 4) is 11.8 Å². The molecule has 7 heteroatoms. The number of hydrogen-bond donors (Lipinski definition) is 0. The number of ether oxygens (including phenoxy) is 2. The Morgan fingerprint density at radius 1 is 1.42 bits per heavy atom. The fourth-order valence-electron chi connectivity index (χ4n) is 2.79. The summed E-state index contributed by atoms with van der Waals surface area (Å²) in [5, 5.41) is 17.2. The van der Waals surface area contributed by atoms with Crippen molar-refractivity contribution < 1.29 is 9.47 Å². The van der Waals surface area contributed by atoms with Gasteiger partial charge in [0, 0.05) is 26.2 Å². The van der Waals surface area contributed by atoms with Crippen LogP contribution >= 0.6 is 0 Å². The van der Waals surface area contributed by atoms with Crippen LogP contribution in [0.15, 0.2) is 30.6 Å². The summed E-state index contributed by atoms with van der Waals surface area (Å²) < 4.78 is 13.6. The maximum absolute atomic E-state index is 9.08. The Labute approximate surface area is 141 Å². The van der Waals surface area contributed by atoms with Crippen molar-refractivity contribution in [2.45, 2.75) is 19.6 Å². The second-order valence-electron chi connectivity index (χ2n) is 5.59. The molecule has 0 amide bonds. The molecule has 126 valence electrons. The first-order valence-electron chi connectivity index (χ1n) is 8.15. The first-order chi connectivity index (χ1) is 11.8. The summed E-state index contributed by atoms with van der Waals surface area (Å²) >= 11 is 0. The molecule has 3 rings (SSSR count). The normalized spacial score (nSPS) is 18.2. The van der Waals surface area contributed by atoms with Gasteiger partial charge < -0.3 is 14.0 Å². The van der Waals surface area contributed by atoms with Gasteiger partial charge in [0.2, 0.25) is 0 Å². The standard InChI is InChI=1S/C17H21N5O2/c1-2-22-13-19-20-17(22)16-12-21(8-10-24-16)7-9-23-15-6-4-3-5-14(15)11-18/h3-6,13,16H,2,7-10,12H2,1H3/t16-/m0/s1. The Hall–Kier alpha value is -2.43. The minimum Gasteiger partial charge on any atom is -0.491 e. The maximum Gasteiger partial charge on any atom is 0.163 e. The molecule has 1 aliphatic heterocycles. The minimum absolute atomic E-state index is 0.0624. The lowest BCUT2D eigenvalue weighted by molar-refractivity contribution is -0.0387. The first-order valence-corrected chi connectivity index (χ1v) is 8.15. The van der Waals surface area contributed by atoms with Gasteiger partial charge in [0.05, 0.1) is 12.2 Å². The zero-order chi connectivity index (χ0) is 16.8. The van der Waals surface area contributed by atoms with Gasteiger partial charge in [0.1, 0.15) is 30.9 Å². The Bertz CT molecular complexity index is 709. The first kappa shape index (κ1) is 16.4. The van der Waals surface area contributed by atoms with Gasteiger partial charge in [-0.25, -0.2) is 0 Å². The van der Waals surface area contributed by atoms with Crippen molar-refractivity contribution in [3.05, 3.63) is 42.0 Å². The van der Waals surface area contributed by atoms with Crippen LogP contribution in [-0.4, -0.2) is 52.5 Å². The van der Waals surface area contributed by atoms with Crippen LogP contribution in [0.2, 0.25) is 0 Å². The number of morpholine rings is 1. The van der Waals surface area contributed by atoms with Crippen molar-refractivity contribution >= 4 is 0 Å². The van der Waals surface area contributed by atoms with E-state index in [0.29, 0.717) is 24.5 Å². The van der Waals surface area contributed by atoms with Crippen LogP contribution in [0, 0.1) is 11.3 Å². The Morgan fingerprint density at radius 2 is 2.29 bits per heavy atom. The van der Waals surface area contributed by atoms with Gasteiger partial charge in [-0.15, -0.1) is 10.2 Å². The Morgan fingerprint density at radius 3 is 3.12 bits per heavy atom. The number of para-hydroxylation sites is 1. The molecule has 1 saturated heterocycles. The molecule has 1 atom stereocenters. The molecule has 1 aromatic carbocycles. The highest BCUT2D eigenvalue weighted by molar-refractivity contribution is 5.42. The molecule has 0 radical (unpaired) electrons. The summed E-state index contributed by atoms with van der Waals surface area (Å²) in [5.74, 6) is 1.51.